The van der Waals surface area contributed by atoms with E-state index in [4.69, 9.17) is 5.73 Å². The Bertz CT molecular complexity index is 466. The summed E-state index contributed by atoms with van der Waals surface area (Å²) in [6.45, 7) is 0.585. The van der Waals surface area contributed by atoms with Crippen molar-refractivity contribution in [3.8, 4) is 0 Å². The fourth-order valence-electron chi connectivity index (χ4n) is 2.89. The normalized spacial score (nSPS) is 22.4. The number of benzene rings is 1. The third-order valence-corrected chi connectivity index (χ3v) is 4.10. The number of nitrogens with zero attached hydrogens (tertiary/aromatic N) is 1. The predicted molar refractivity (Wildman–Crippen MR) is 78.0 cm³/mol. The molecule has 4 nitrogen and oxygen atoms in total. The van der Waals surface area contributed by atoms with E-state index in [0.29, 0.717) is 12.5 Å². The minimum Gasteiger partial charge on any atom is -0.330 e. The van der Waals surface area contributed by atoms with Gasteiger partial charge < -0.3 is 16.0 Å². The largest absolute Gasteiger partial charge is 0.330 e. The van der Waals surface area contributed by atoms with E-state index in [9.17, 15) is 9.18 Å². The fourth-order valence-corrected chi connectivity index (χ4v) is 2.89. The van der Waals surface area contributed by atoms with Crippen molar-refractivity contribution in [2.45, 2.75) is 31.7 Å². The van der Waals surface area contributed by atoms with Crippen molar-refractivity contribution in [2.24, 2.45) is 11.7 Å². The highest BCUT2D eigenvalue weighted by molar-refractivity contribution is 5.89. The number of anilines is 1. The molecule has 0 spiro atoms. The number of halogens is 1. The zero-order valence-corrected chi connectivity index (χ0v) is 11.8. The first-order chi connectivity index (χ1) is 9.63. The zero-order chi connectivity index (χ0) is 14.5. The van der Waals surface area contributed by atoms with Crippen LogP contribution in [0.2, 0.25) is 0 Å². The summed E-state index contributed by atoms with van der Waals surface area (Å²) in [5.74, 6) is -0.0895. The minimum absolute atomic E-state index is 0.139. The van der Waals surface area contributed by atoms with Crippen molar-refractivity contribution in [1.29, 1.82) is 0 Å². The van der Waals surface area contributed by atoms with E-state index < -0.39 is 5.82 Å². The van der Waals surface area contributed by atoms with E-state index in [2.05, 4.69) is 5.32 Å². The molecular formula is C15H22FN3O. The first kappa shape index (κ1) is 14.8. The number of rotatable bonds is 3. The molecule has 1 saturated carbocycles. The number of urea groups is 1. The molecule has 0 bridgehead atoms. The molecule has 1 aromatic carbocycles. The van der Waals surface area contributed by atoms with Gasteiger partial charge in [-0.15, -0.1) is 0 Å². The van der Waals surface area contributed by atoms with Crippen molar-refractivity contribution in [3.63, 3.8) is 0 Å². The maximum Gasteiger partial charge on any atom is 0.321 e. The van der Waals surface area contributed by atoms with E-state index in [-0.39, 0.29) is 17.8 Å². The second-order valence-electron chi connectivity index (χ2n) is 5.37. The molecule has 2 unspecified atom stereocenters. The van der Waals surface area contributed by atoms with Crippen molar-refractivity contribution in [1.82, 2.24) is 4.90 Å². The molecule has 1 aliphatic rings. The highest BCUT2D eigenvalue weighted by Gasteiger charge is 2.30. The van der Waals surface area contributed by atoms with Crippen LogP contribution in [-0.2, 0) is 0 Å². The molecule has 0 heterocycles. The Morgan fingerprint density at radius 3 is 2.80 bits per heavy atom. The summed E-state index contributed by atoms with van der Waals surface area (Å²) in [5.41, 5.74) is 6.00. The summed E-state index contributed by atoms with van der Waals surface area (Å²) in [5, 5.41) is 2.62. The van der Waals surface area contributed by atoms with Crippen LogP contribution in [0.1, 0.15) is 25.7 Å². The summed E-state index contributed by atoms with van der Waals surface area (Å²) in [7, 11) is 1.76. The second kappa shape index (κ2) is 6.70. The summed E-state index contributed by atoms with van der Waals surface area (Å²) < 4.78 is 13.5. The Labute approximate surface area is 119 Å². The summed E-state index contributed by atoms with van der Waals surface area (Å²) >= 11 is 0. The molecule has 2 atom stereocenters. The molecule has 3 N–H and O–H groups in total. The van der Waals surface area contributed by atoms with Crippen LogP contribution in [0.3, 0.4) is 0 Å². The van der Waals surface area contributed by atoms with Crippen LogP contribution in [0.5, 0.6) is 0 Å². The van der Waals surface area contributed by atoms with E-state index >= 15 is 0 Å². The molecule has 1 fully saturated rings. The monoisotopic (exact) mass is 279 g/mol. The molecule has 0 saturated heterocycles. The molecule has 0 aliphatic heterocycles. The number of hydrogen-bond acceptors (Lipinski definition) is 2. The van der Waals surface area contributed by atoms with Crippen LogP contribution >= 0.6 is 0 Å². The summed E-state index contributed by atoms with van der Waals surface area (Å²) in [6.07, 6.45) is 4.29. The van der Waals surface area contributed by atoms with E-state index in [1.54, 1.807) is 30.1 Å². The third kappa shape index (κ3) is 3.28. The van der Waals surface area contributed by atoms with E-state index in [1.807, 2.05) is 0 Å². The highest BCUT2D eigenvalue weighted by Crippen LogP contribution is 2.27. The van der Waals surface area contributed by atoms with Crippen molar-refractivity contribution in [3.05, 3.63) is 30.1 Å². The first-order valence-electron chi connectivity index (χ1n) is 7.12. The van der Waals surface area contributed by atoms with Crippen LogP contribution < -0.4 is 11.1 Å². The first-order valence-corrected chi connectivity index (χ1v) is 7.12. The van der Waals surface area contributed by atoms with Gasteiger partial charge in [-0.3, -0.25) is 0 Å². The number of nitrogens with two attached hydrogens (primary N) is 1. The maximum absolute atomic E-state index is 13.5. The minimum atomic E-state index is -0.423. The number of para-hydroxylation sites is 1. The van der Waals surface area contributed by atoms with Gasteiger partial charge in [-0.1, -0.05) is 25.0 Å². The van der Waals surface area contributed by atoms with Gasteiger partial charge >= 0.3 is 6.03 Å². The highest BCUT2D eigenvalue weighted by atomic mass is 19.1. The smallest absolute Gasteiger partial charge is 0.321 e. The van der Waals surface area contributed by atoms with Crippen LogP contribution in [0, 0.1) is 11.7 Å². The number of nitrogens with one attached hydrogen (secondary N) is 1. The van der Waals surface area contributed by atoms with Crippen molar-refractivity contribution < 1.29 is 9.18 Å². The van der Waals surface area contributed by atoms with Crippen LogP contribution in [-0.4, -0.2) is 30.6 Å². The predicted octanol–water partition coefficient (Wildman–Crippen LogP) is 2.81. The molecule has 0 aromatic heterocycles. The molecule has 2 amide bonds. The lowest BCUT2D eigenvalue weighted by atomic mass is 9.84. The average Bonchev–Trinajstić information content (AvgIpc) is 2.48. The Morgan fingerprint density at radius 1 is 1.40 bits per heavy atom. The zero-order valence-electron chi connectivity index (χ0n) is 11.8. The summed E-state index contributed by atoms with van der Waals surface area (Å²) in [6, 6.07) is 6.05. The molecule has 110 valence electrons. The van der Waals surface area contributed by atoms with E-state index in [0.717, 1.165) is 19.3 Å². The number of carbonyl (C=O) groups is 1. The van der Waals surface area contributed by atoms with Gasteiger partial charge in [-0.2, -0.15) is 0 Å². The Morgan fingerprint density at radius 2 is 2.10 bits per heavy atom. The molecule has 0 radical (unpaired) electrons. The lowest BCUT2D eigenvalue weighted by Crippen LogP contribution is -2.47. The molecular weight excluding hydrogens is 257 g/mol. The average molecular weight is 279 g/mol. The Balaban J connectivity index is 2.03. The SMILES string of the molecule is CN(C(=O)Nc1ccccc1F)C1CCCCC1CN. The third-order valence-electron chi connectivity index (χ3n) is 4.10. The Kier molecular flexibility index (Phi) is 4.95. The molecule has 2 rings (SSSR count). The quantitative estimate of drug-likeness (QED) is 0.894. The standard InChI is InChI=1S/C15H22FN3O/c1-19(14-9-5-2-6-11(14)10-17)15(20)18-13-8-4-3-7-12(13)16/h3-4,7-8,11,14H,2,5-6,9-10,17H2,1H3,(H,18,20). The maximum atomic E-state index is 13.5. The van der Waals surface area contributed by atoms with Crippen LogP contribution in [0.4, 0.5) is 14.9 Å². The van der Waals surface area contributed by atoms with Gasteiger partial charge in [0.1, 0.15) is 5.82 Å². The molecule has 20 heavy (non-hydrogen) atoms. The van der Waals surface area contributed by atoms with Gasteiger partial charge in [0, 0.05) is 13.1 Å². The number of amides is 2. The summed E-state index contributed by atoms with van der Waals surface area (Å²) in [4.78, 5) is 13.9. The molecule has 1 aromatic rings. The van der Waals surface area contributed by atoms with Gasteiger partial charge in [-0.05, 0) is 37.4 Å². The van der Waals surface area contributed by atoms with Crippen LogP contribution in [0.15, 0.2) is 24.3 Å². The van der Waals surface area contributed by atoms with Gasteiger partial charge in [0.25, 0.3) is 0 Å². The second-order valence-corrected chi connectivity index (χ2v) is 5.37. The van der Waals surface area contributed by atoms with E-state index in [1.165, 1.54) is 12.5 Å². The molecule has 1 aliphatic carbocycles. The Hall–Kier alpha value is -1.62. The molecule has 5 heteroatoms. The topological polar surface area (TPSA) is 58.4 Å². The van der Waals surface area contributed by atoms with Gasteiger partial charge in [-0.25, -0.2) is 9.18 Å². The lowest BCUT2D eigenvalue weighted by Gasteiger charge is -2.37. The van der Waals surface area contributed by atoms with Crippen molar-refractivity contribution >= 4 is 11.7 Å². The van der Waals surface area contributed by atoms with Gasteiger partial charge in [0.05, 0.1) is 5.69 Å². The lowest BCUT2D eigenvalue weighted by molar-refractivity contribution is 0.150. The van der Waals surface area contributed by atoms with Crippen molar-refractivity contribution in [2.75, 3.05) is 18.9 Å². The number of carbonyl (C=O) groups excluding carboxylic acids is 1. The fraction of sp³-hybridized carbons (Fsp3) is 0.533. The van der Waals surface area contributed by atoms with Gasteiger partial charge in [0.2, 0.25) is 0 Å². The van der Waals surface area contributed by atoms with Gasteiger partial charge in [0.15, 0.2) is 0 Å². The number of hydrogen-bond donors (Lipinski definition) is 2. The van der Waals surface area contributed by atoms with Crippen LogP contribution in [0.25, 0.3) is 0 Å².